The molecule has 0 atom stereocenters. The Morgan fingerprint density at radius 2 is 1.93 bits per heavy atom. The second kappa shape index (κ2) is 1.91. The monoisotopic (exact) mass is 196 g/mol. The Kier molecular flexibility index (Phi) is 0.903. The van der Waals surface area contributed by atoms with Gasteiger partial charge in [-0.1, -0.05) is 0 Å². The normalized spacial score (nSPS) is 16.0. The van der Waals surface area contributed by atoms with Crippen molar-refractivity contribution in [2.75, 3.05) is 0 Å². The van der Waals surface area contributed by atoms with Gasteiger partial charge in [-0.3, -0.25) is 9.59 Å². The maximum Gasteiger partial charge on any atom is 0.203 e. The molecule has 0 N–H and O–H groups in total. The predicted octanol–water partition coefficient (Wildman–Crippen LogP) is 1.30. The molecule has 4 heteroatoms. The predicted molar refractivity (Wildman–Crippen MR) is 52.9 cm³/mol. The molecule has 1 aliphatic carbocycles. The van der Waals surface area contributed by atoms with Gasteiger partial charge in [0.05, 0.1) is 11.1 Å². The topological polar surface area (TPSA) is 51.4 Å². The largest absolute Gasteiger partial charge is 0.309 e. The molecule has 0 radical (unpaired) electrons. The minimum Gasteiger partial charge on any atom is -0.309 e. The highest BCUT2D eigenvalue weighted by Crippen LogP contribution is 2.31. The maximum atomic E-state index is 11.6. The molecule has 3 aromatic heterocycles. The summed E-state index contributed by atoms with van der Waals surface area (Å²) < 4.78 is 1.76. The van der Waals surface area contributed by atoms with Crippen molar-refractivity contribution in [1.29, 1.82) is 0 Å². The van der Waals surface area contributed by atoms with Gasteiger partial charge in [-0.15, -0.1) is 0 Å². The van der Waals surface area contributed by atoms with Crippen molar-refractivity contribution in [2.24, 2.45) is 0 Å². The van der Waals surface area contributed by atoms with Gasteiger partial charge in [0.1, 0.15) is 16.7 Å². The van der Waals surface area contributed by atoms with Crippen molar-refractivity contribution in [3.05, 3.63) is 35.7 Å². The highest BCUT2D eigenvalue weighted by Gasteiger charge is 2.27. The molecule has 15 heavy (non-hydrogen) atoms. The Hall–Kier alpha value is -2.23. The Morgan fingerprint density at radius 1 is 1.13 bits per heavy atom. The van der Waals surface area contributed by atoms with Crippen LogP contribution in [0, 0.1) is 0 Å². The zero-order valence-electron chi connectivity index (χ0n) is 7.52. The minimum atomic E-state index is -0.116. The fourth-order valence-corrected chi connectivity index (χ4v) is 2.09. The standard InChI is InChI=1S/C11H4N2O2/c14-8-1-2-9(15)11-5(8)3-7-10-6(12-10)4-13(7)11/h1-4H. The van der Waals surface area contributed by atoms with Crippen molar-refractivity contribution < 1.29 is 9.59 Å². The quantitative estimate of drug-likeness (QED) is 0.544. The van der Waals surface area contributed by atoms with Crippen LogP contribution in [0.25, 0.3) is 16.6 Å². The third kappa shape index (κ3) is 0.676. The van der Waals surface area contributed by atoms with Crippen LogP contribution in [0.5, 0.6) is 0 Å². The second-order valence-corrected chi connectivity index (χ2v) is 3.70. The van der Waals surface area contributed by atoms with E-state index in [-0.39, 0.29) is 11.6 Å². The van der Waals surface area contributed by atoms with E-state index in [1.54, 1.807) is 16.7 Å². The van der Waals surface area contributed by atoms with Gasteiger partial charge in [-0.25, -0.2) is 4.98 Å². The molecule has 4 rings (SSSR count). The number of nitrogens with zero attached hydrogens (tertiary/aromatic N) is 2. The van der Waals surface area contributed by atoms with Crippen molar-refractivity contribution in [3.8, 4) is 0 Å². The molecular formula is C11H4N2O2. The Balaban J connectivity index is 2.23. The molecular weight excluding hydrogens is 192 g/mol. The average Bonchev–Trinajstić information content (AvgIpc) is 2.72. The maximum absolute atomic E-state index is 11.6. The van der Waals surface area contributed by atoms with E-state index in [1.807, 2.05) is 0 Å². The van der Waals surface area contributed by atoms with E-state index in [4.69, 9.17) is 0 Å². The van der Waals surface area contributed by atoms with E-state index in [0.717, 1.165) is 16.6 Å². The van der Waals surface area contributed by atoms with Crippen LogP contribution in [-0.2, 0) is 0 Å². The van der Waals surface area contributed by atoms with Crippen molar-refractivity contribution in [3.63, 3.8) is 0 Å². The highest BCUT2D eigenvalue weighted by atomic mass is 16.1. The number of hydrogen-bond donors (Lipinski definition) is 0. The summed E-state index contributed by atoms with van der Waals surface area (Å²) in [5, 5.41) is 0. The molecule has 0 bridgehead atoms. The van der Waals surface area contributed by atoms with E-state index < -0.39 is 0 Å². The van der Waals surface area contributed by atoms with Crippen molar-refractivity contribution in [1.82, 2.24) is 9.38 Å². The molecule has 0 aliphatic heterocycles. The summed E-state index contributed by atoms with van der Waals surface area (Å²) in [6.07, 6.45) is 4.44. The van der Waals surface area contributed by atoms with Crippen molar-refractivity contribution in [2.45, 2.75) is 0 Å². The molecule has 3 heterocycles. The zero-order chi connectivity index (χ0) is 10.2. The Labute approximate surface area is 83.5 Å². The lowest BCUT2D eigenvalue weighted by Crippen LogP contribution is -2.11. The summed E-state index contributed by atoms with van der Waals surface area (Å²) in [4.78, 5) is 27.3. The lowest BCUT2D eigenvalue weighted by molar-refractivity contribution is 0.0991. The van der Waals surface area contributed by atoms with Gasteiger partial charge in [0.25, 0.3) is 0 Å². The molecule has 0 unspecified atom stereocenters. The van der Waals surface area contributed by atoms with E-state index in [2.05, 4.69) is 4.98 Å². The van der Waals surface area contributed by atoms with E-state index >= 15 is 0 Å². The van der Waals surface area contributed by atoms with Gasteiger partial charge in [0.2, 0.25) is 5.78 Å². The van der Waals surface area contributed by atoms with Gasteiger partial charge >= 0.3 is 0 Å². The van der Waals surface area contributed by atoms with Crippen LogP contribution in [0.4, 0.5) is 0 Å². The molecule has 4 nitrogen and oxygen atoms in total. The molecule has 0 saturated carbocycles. The molecule has 3 aromatic rings. The fourth-order valence-electron chi connectivity index (χ4n) is 2.09. The number of aromatic nitrogens is 2. The number of hydrogen-bond acceptors (Lipinski definition) is 3. The fraction of sp³-hybridized carbons (Fsp3) is 0. The van der Waals surface area contributed by atoms with Crippen LogP contribution >= 0.6 is 0 Å². The SMILES string of the molecule is O=C1C=CC(=O)c2c1cc1c3nc3cn21. The lowest BCUT2D eigenvalue weighted by Gasteiger charge is -2.03. The molecule has 1 aliphatic rings. The first-order chi connectivity index (χ1) is 7.25. The number of carbonyl (C=O) groups excluding carboxylic acids is 2. The number of ketones is 2. The molecule has 0 aromatic carbocycles. The zero-order valence-corrected chi connectivity index (χ0v) is 7.52. The molecule has 70 valence electrons. The van der Waals surface area contributed by atoms with Gasteiger partial charge in [-0.2, -0.15) is 0 Å². The second-order valence-electron chi connectivity index (χ2n) is 3.70. The summed E-state index contributed by atoms with van der Waals surface area (Å²) >= 11 is 0. The molecule has 0 fully saturated rings. The van der Waals surface area contributed by atoms with Gasteiger partial charge in [0.15, 0.2) is 5.78 Å². The van der Waals surface area contributed by atoms with Crippen LogP contribution in [0.3, 0.4) is 0 Å². The van der Waals surface area contributed by atoms with E-state index in [1.165, 1.54) is 12.2 Å². The number of rotatable bonds is 0. The first-order valence-electron chi connectivity index (χ1n) is 4.59. The molecule has 0 amide bonds. The third-order valence-electron chi connectivity index (χ3n) is 2.84. The Bertz CT molecular complexity index is 751. The summed E-state index contributed by atoms with van der Waals surface area (Å²) in [7, 11) is 0. The smallest absolute Gasteiger partial charge is 0.203 e. The summed E-state index contributed by atoms with van der Waals surface area (Å²) in [5.74, 6) is -0.225. The first-order valence-corrected chi connectivity index (χ1v) is 4.59. The van der Waals surface area contributed by atoms with Crippen molar-refractivity contribution >= 4 is 28.1 Å². The van der Waals surface area contributed by atoms with E-state index in [9.17, 15) is 9.59 Å². The van der Waals surface area contributed by atoms with Gasteiger partial charge in [-0.05, 0) is 18.2 Å². The lowest BCUT2D eigenvalue weighted by atomic mass is 10.0. The van der Waals surface area contributed by atoms with Crippen LogP contribution in [0.1, 0.15) is 20.8 Å². The number of carbonyl (C=O) groups is 2. The Morgan fingerprint density at radius 3 is 2.80 bits per heavy atom. The van der Waals surface area contributed by atoms with E-state index in [0.29, 0.717) is 11.3 Å². The molecule has 0 saturated heterocycles. The average molecular weight is 196 g/mol. The van der Waals surface area contributed by atoms with Crippen LogP contribution in [0.15, 0.2) is 24.4 Å². The summed E-state index contributed by atoms with van der Waals surface area (Å²) in [6, 6.07) is 1.74. The highest BCUT2D eigenvalue weighted by molar-refractivity contribution is 6.23. The summed E-state index contributed by atoms with van der Waals surface area (Å²) in [6.45, 7) is 0. The van der Waals surface area contributed by atoms with Gasteiger partial charge in [0, 0.05) is 6.20 Å². The first kappa shape index (κ1) is 7.11. The van der Waals surface area contributed by atoms with Crippen LogP contribution in [0.2, 0.25) is 0 Å². The molecule has 0 spiro atoms. The third-order valence-corrected chi connectivity index (χ3v) is 2.84. The number of allylic oxidation sites excluding steroid dienone is 2. The van der Waals surface area contributed by atoms with Crippen LogP contribution < -0.4 is 0 Å². The number of fused-ring (bicyclic) bond motifs is 5. The minimum absolute atomic E-state index is 0.109. The van der Waals surface area contributed by atoms with Gasteiger partial charge < -0.3 is 4.40 Å². The van der Waals surface area contributed by atoms with Crippen LogP contribution in [-0.4, -0.2) is 21.0 Å². The summed E-state index contributed by atoms with van der Waals surface area (Å²) in [5.41, 5.74) is 3.65.